The predicted molar refractivity (Wildman–Crippen MR) is 87.6 cm³/mol. The van der Waals surface area contributed by atoms with Crippen molar-refractivity contribution in [3.05, 3.63) is 54.7 Å². The molecular formula is C19H23N2O+. The Morgan fingerprint density at radius 1 is 1.32 bits per heavy atom. The third kappa shape index (κ3) is 2.16. The minimum atomic E-state index is -0.406. The molecule has 22 heavy (non-hydrogen) atoms. The van der Waals surface area contributed by atoms with Gasteiger partial charge in [-0.3, -0.25) is 4.98 Å². The Bertz CT molecular complexity index is 693. The SMILES string of the molecule is C=C[C@H]1C[NH+]2CC[C@@H]1C[C@H]2[C@@H](O)c1ccnc2ccccc12. The lowest BCUT2D eigenvalue weighted by molar-refractivity contribution is -0.949. The monoisotopic (exact) mass is 295 g/mol. The Labute approximate surface area is 131 Å². The summed E-state index contributed by atoms with van der Waals surface area (Å²) >= 11 is 0. The van der Waals surface area contributed by atoms with Crippen molar-refractivity contribution in [3.8, 4) is 0 Å². The van der Waals surface area contributed by atoms with E-state index in [9.17, 15) is 5.11 Å². The highest BCUT2D eigenvalue weighted by Crippen LogP contribution is 2.33. The number of fused-ring (bicyclic) bond motifs is 4. The van der Waals surface area contributed by atoms with E-state index < -0.39 is 6.10 Å². The molecule has 3 nitrogen and oxygen atoms in total. The number of rotatable bonds is 3. The zero-order valence-electron chi connectivity index (χ0n) is 12.8. The first-order valence-corrected chi connectivity index (χ1v) is 8.27. The summed E-state index contributed by atoms with van der Waals surface area (Å²) < 4.78 is 0. The second-order valence-corrected chi connectivity index (χ2v) is 6.77. The summed E-state index contributed by atoms with van der Waals surface area (Å²) in [6.07, 6.45) is 5.90. The number of quaternary nitrogens is 1. The maximum atomic E-state index is 11.0. The van der Waals surface area contributed by atoms with Crippen LogP contribution in [0.3, 0.4) is 0 Å². The smallest absolute Gasteiger partial charge is 0.131 e. The lowest BCUT2D eigenvalue weighted by Crippen LogP contribution is -3.20. The maximum Gasteiger partial charge on any atom is 0.131 e. The molecule has 1 aromatic heterocycles. The second kappa shape index (κ2) is 5.49. The summed E-state index contributed by atoms with van der Waals surface area (Å²) in [6, 6.07) is 10.4. The molecule has 3 aliphatic heterocycles. The number of hydrogen-bond acceptors (Lipinski definition) is 2. The predicted octanol–water partition coefficient (Wildman–Crippen LogP) is 1.75. The third-order valence-electron chi connectivity index (χ3n) is 5.71. The molecule has 3 saturated heterocycles. The fraction of sp³-hybridized carbons (Fsp3) is 0.421. The Morgan fingerprint density at radius 3 is 2.95 bits per heavy atom. The number of piperidine rings is 3. The van der Waals surface area contributed by atoms with Crippen LogP contribution in [-0.2, 0) is 0 Å². The van der Waals surface area contributed by atoms with Crippen LogP contribution < -0.4 is 4.90 Å². The average Bonchev–Trinajstić information content (AvgIpc) is 2.60. The summed E-state index contributed by atoms with van der Waals surface area (Å²) in [6.45, 7) is 6.29. The molecule has 114 valence electrons. The fourth-order valence-electron chi connectivity index (χ4n) is 4.50. The Morgan fingerprint density at radius 2 is 2.18 bits per heavy atom. The number of benzene rings is 1. The lowest BCUT2D eigenvalue weighted by atomic mass is 9.73. The minimum Gasteiger partial charge on any atom is -0.382 e. The molecule has 2 bridgehead atoms. The molecule has 2 aromatic rings. The van der Waals surface area contributed by atoms with Crippen LogP contribution in [0.25, 0.3) is 10.9 Å². The minimum absolute atomic E-state index is 0.306. The molecule has 0 saturated carbocycles. The van der Waals surface area contributed by atoms with Crippen molar-refractivity contribution in [1.29, 1.82) is 0 Å². The molecule has 5 rings (SSSR count). The van der Waals surface area contributed by atoms with E-state index in [2.05, 4.69) is 23.7 Å². The van der Waals surface area contributed by atoms with Crippen LogP contribution in [0.4, 0.5) is 0 Å². The maximum absolute atomic E-state index is 11.0. The van der Waals surface area contributed by atoms with E-state index >= 15 is 0 Å². The molecule has 3 heteroatoms. The zero-order chi connectivity index (χ0) is 15.1. The third-order valence-corrected chi connectivity index (χ3v) is 5.71. The van der Waals surface area contributed by atoms with Crippen molar-refractivity contribution in [3.63, 3.8) is 0 Å². The molecule has 3 aliphatic rings. The van der Waals surface area contributed by atoms with Crippen molar-refractivity contribution in [2.45, 2.75) is 25.0 Å². The van der Waals surface area contributed by atoms with E-state index in [-0.39, 0.29) is 0 Å². The van der Waals surface area contributed by atoms with Gasteiger partial charge in [-0.2, -0.15) is 0 Å². The van der Waals surface area contributed by atoms with E-state index in [4.69, 9.17) is 0 Å². The standard InChI is InChI=1S/C19H22N2O/c1-2-13-12-21-10-8-14(13)11-18(21)19(22)16-7-9-20-17-6-4-3-5-15(16)17/h2-7,9,13-14,18-19,22H,1,8,10-12H2/p+1/t13-,14+,18-,19-/m0/s1. The van der Waals surface area contributed by atoms with Crippen molar-refractivity contribution >= 4 is 10.9 Å². The molecule has 0 aliphatic carbocycles. The summed E-state index contributed by atoms with van der Waals surface area (Å²) in [7, 11) is 0. The molecule has 0 spiro atoms. The van der Waals surface area contributed by atoms with Gasteiger partial charge in [0.05, 0.1) is 18.6 Å². The number of para-hydroxylation sites is 1. The van der Waals surface area contributed by atoms with Gasteiger partial charge in [0, 0.05) is 30.3 Å². The molecule has 1 aromatic carbocycles. The topological polar surface area (TPSA) is 37.6 Å². The van der Waals surface area contributed by atoms with E-state index in [1.807, 2.05) is 30.5 Å². The first-order chi connectivity index (χ1) is 10.8. The van der Waals surface area contributed by atoms with Gasteiger partial charge in [-0.25, -0.2) is 0 Å². The van der Waals surface area contributed by atoms with Crippen LogP contribution >= 0.6 is 0 Å². The van der Waals surface area contributed by atoms with Gasteiger partial charge in [-0.15, -0.1) is 6.58 Å². The Kier molecular flexibility index (Phi) is 3.47. The number of nitrogens with zero attached hydrogens (tertiary/aromatic N) is 1. The zero-order valence-corrected chi connectivity index (χ0v) is 12.8. The highest BCUT2D eigenvalue weighted by molar-refractivity contribution is 5.82. The molecule has 3 fully saturated rings. The second-order valence-electron chi connectivity index (χ2n) is 6.77. The number of aliphatic hydroxyl groups is 1. The molecule has 0 radical (unpaired) electrons. The van der Waals surface area contributed by atoms with Crippen molar-refractivity contribution in [2.24, 2.45) is 11.8 Å². The van der Waals surface area contributed by atoms with Crippen molar-refractivity contribution < 1.29 is 10.0 Å². The lowest BCUT2D eigenvalue weighted by Gasteiger charge is -2.47. The molecular weight excluding hydrogens is 272 g/mol. The van der Waals surface area contributed by atoms with Gasteiger partial charge in [-0.05, 0) is 23.6 Å². The quantitative estimate of drug-likeness (QED) is 0.847. The largest absolute Gasteiger partial charge is 0.382 e. The van der Waals surface area contributed by atoms with E-state index in [0.717, 1.165) is 29.4 Å². The van der Waals surface area contributed by atoms with Gasteiger partial charge in [0.1, 0.15) is 12.1 Å². The molecule has 0 amide bonds. The molecule has 4 heterocycles. The summed E-state index contributed by atoms with van der Waals surface area (Å²) in [5, 5.41) is 12.1. The highest BCUT2D eigenvalue weighted by atomic mass is 16.3. The van der Waals surface area contributed by atoms with Crippen LogP contribution in [0.2, 0.25) is 0 Å². The van der Waals surface area contributed by atoms with Gasteiger partial charge in [-0.1, -0.05) is 24.3 Å². The van der Waals surface area contributed by atoms with Crippen LogP contribution in [0, 0.1) is 11.8 Å². The normalized spacial score (nSPS) is 32.0. The molecule has 5 atom stereocenters. The van der Waals surface area contributed by atoms with Gasteiger partial charge < -0.3 is 10.0 Å². The number of hydrogen-bond donors (Lipinski definition) is 2. The summed E-state index contributed by atoms with van der Waals surface area (Å²) in [5.41, 5.74) is 2.00. The van der Waals surface area contributed by atoms with Gasteiger partial charge in [0.15, 0.2) is 0 Å². The van der Waals surface area contributed by atoms with E-state index in [0.29, 0.717) is 17.9 Å². The van der Waals surface area contributed by atoms with Crippen LogP contribution in [0.5, 0.6) is 0 Å². The first-order valence-electron chi connectivity index (χ1n) is 8.27. The van der Waals surface area contributed by atoms with Gasteiger partial charge in [0.25, 0.3) is 0 Å². The Hall–Kier alpha value is -1.71. The molecule has 1 unspecified atom stereocenters. The average molecular weight is 295 g/mol. The summed E-state index contributed by atoms with van der Waals surface area (Å²) in [4.78, 5) is 5.95. The van der Waals surface area contributed by atoms with Gasteiger partial charge >= 0.3 is 0 Å². The first kappa shape index (κ1) is 13.9. The number of pyridine rings is 1. The molecule has 2 N–H and O–H groups in total. The van der Waals surface area contributed by atoms with Gasteiger partial charge in [0.2, 0.25) is 0 Å². The number of aliphatic hydroxyl groups excluding tert-OH is 1. The number of aromatic nitrogens is 1. The highest BCUT2D eigenvalue weighted by Gasteiger charge is 2.45. The Balaban J connectivity index is 1.67. The fourth-order valence-corrected chi connectivity index (χ4v) is 4.50. The van der Waals surface area contributed by atoms with Crippen LogP contribution in [0.15, 0.2) is 49.2 Å². The van der Waals surface area contributed by atoms with Crippen molar-refractivity contribution in [2.75, 3.05) is 13.1 Å². The summed E-state index contributed by atoms with van der Waals surface area (Å²) in [5.74, 6) is 1.32. The van der Waals surface area contributed by atoms with Crippen LogP contribution in [0.1, 0.15) is 24.5 Å². The van der Waals surface area contributed by atoms with E-state index in [1.165, 1.54) is 13.0 Å². The number of nitrogens with one attached hydrogen (secondary N) is 1. The van der Waals surface area contributed by atoms with E-state index in [1.54, 1.807) is 4.90 Å². The van der Waals surface area contributed by atoms with Crippen LogP contribution in [-0.4, -0.2) is 29.2 Å². The van der Waals surface area contributed by atoms with Crippen molar-refractivity contribution in [1.82, 2.24) is 4.98 Å².